The van der Waals surface area contributed by atoms with Gasteiger partial charge in [-0.25, -0.2) is 4.98 Å². The van der Waals surface area contributed by atoms with Crippen molar-refractivity contribution in [1.82, 2.24) is 29.2 Å². The third-order valence-electron chi connectivity index (χ3n) is 5.72. The van der Waals surface area contributed by atoms with Gasteiger partial charge < -0.3 is 14.0 Å². The molecule has 1 saturated carbocycles. The number of rotatable bonds is 4. The molecule has 0 bridgehead atoms. The van der Waals surface area contributed by atoms with Gasteiger partial charge in [0.2, 0.25) is 0 Å². The summed E-state index contributed by atoms with van der Waals surface area (Å²) in [6.07, 6.45) is 9.95. The van der Waals surface area contributed by atoms with Gasteiger partial charge in [0.05, 0.1) is 0 Å². The second-order valence-corrected chi connectivity index (χ2v) is 7.20. The average molecular weight is 328 g/mol. The Morgan fingerprint density at radius 3 is 2.88 bits per heavy atom. The summed E-state index contributed by atoms with van der Waals surface area (Å²) in [7, 11) is 1.87. The number of likely N-dealkylation sites (tertiary alicyclic amines) is 1. The molecule has 2 aliphatic rings. The first-order valence-electron chi connectivity index (χ1n) is 8.79. The molecule has 2 aromatic rings. The van der Waals surface area contributed by atoms with E-state index in [-0.39, 0.29) is 17.2 Å². The highest BCUT2D eigenvalue weighted by Crippen LogP contribution is 2.55. The van der Waals surface area contributed by atoms with Crippen LogP contribution in [-0.2, 0) is 13.6 Å². The van der Waals surface area contributed by atoms with Crippen LogP contribution in [-0.4, -0.2) is 48.2 Å². The van der Waals surface area contributed by atoms with Gasteiger partial charge in [-0.1, -0.05) is 13.3 Å². The fraction of sp³-hybridized carbons (Fsp3) is 0.647. The molecule has 128 valence electrons. The molecule has 0 radical (unpaired) electrons. The molecule has 1 unspecified atom stereocenters. The molecule has 3 heterocycles. The molecule has 7 heteroatoms. The molecule has 7 nitrogen and oxygen atoms in total. The summed E-state index contributed by atoms with van der Waals surface area (Å²) < 4.78 is 3.96. The van der Waals surface area contributed by atoms with Crippen molar-refractivity contribution in [2.45, 2.75) is 45.1 Å². The van der Waals surface area contributed by atoms with Gasteiger partial charge in [0, 0.05) is 45.0 Å². The van der Waals surface area contributed by atoms with Crippen LogP contribution in [0.2, 0.25) is 0 Å². The fourth-order valence-corrected chi connectivity index (χ4v) is 4.28. The summed E-state index contributed by atoms with van der Waals surface area (Å²) in [6.45, 7) is 4.62. The topological polar surface area (TPSA) is 68.8 Å². The number of carbonyl (C=O) groups is 1. The Bertz CT molecular complexity index is 744. The SMILES string of the molecule is CCCn1cnnc1C1CN(C(=O)c2nccn2C)CC12CCC2. The van der Waals surface area contributed by atoms with Crippen molar-refractivity contribution in [3.8, 4) is 0 Å². The molecule has 1 aliphatic heterocycles. The predicted octanol–water partition coefficient (Wildman–Crippen LogP) is 1.83. The molecule has 0 aromatic carbocycles. The molecule has 1 amide bonds. The van der Waals surface area contributed by atoms with Gasteiger partial charge in [0.25, 0.3) is 5.91 Å². The molecule has 1 atom stereocenters. The monoisotopic (exact) mass is 328 g/mol. The first-order valence-corrected chi connectivity index (χ1v) is 8.79. The van der Waals surface area contributed by atoms with Gasteiger partial charge in [-0.3, -0.25) is 4.79 Å². The molecule has 1 saturated heterocycles. The Balaban J connectivity index is 1.62. The highest BCUT2D eigenvalue weighted by molar-refractivity contribution is 5.91. The van der Waals surface area contributed by atoms with Crippen LogP contribution in [0.4, 0.5) is 0 Å². The minimum atomic E-state index is 0.0258. The zero-order chi connectivity index (χ0) is 16.7. The van der Waals surface area contributed by atoms with Crippen LogP contribution < -0.4 is 0 Å². The molecular weight excluding hydrogens is 304 g/mol. The maximum atomic E-state index is 12.9. The molecule has 0 N–H and O–H groups in total. The normalized spacial score (nSPS) is 22.1. The summed E-state index contributed by atoms with van der Waals surface area (Å²) in [4.78, 5) is 19.1. The zero-order valence-corrected chi connectivity index (χ0v) is 14.4. The van der Waals surface area contributed by atoms with Crippen LogP contribution >= 0.6 is 0 Å². The van der Waals surface area contributed by atoms with Gasteiger partial charge in [-0.2, -0.15) is 0 Å². The predicted molar refractivity (Wildman–Crippen MR) is 88.4 cm³/mol. The summed E-state index contributed by atoms with van der Waals surface area (Å²) >= 11 is 0. The number of aromatic nitrogens is 5. The minimum absolute atomic E-state index is 0.0258. The Kier molecular flexibility index (Phi) is 3.66. The van der Waals surface area contributed by atoms with Crippen LogP contribution in [0.1, 0.15) is 55.0 Å². The van der Waals surface area contributed by atoms with Gasteiger partial charge in [0.1, 0.15) is 12.2 Å². The quantitative estimate of drug-likeness (QED) is 0.859. The third kappa shape index (κ3) is 2.25. The van der Waals surface area contributed by atoms with Crippen molar-refractivity contribution in [2.24, 2.45) is 12.5 Å². The van der Waals surface area contributed by atoms with Crippen molar-refractivity contribution in [3.63, 3.8) is 0 Å². The number of carbonyl (C=O) groups excluding carboxylic acids is 1. The zero-order valence-electron chi connectivity index (χ0n) is 14.4. The first kappa shape index (κ1) is 15.4. The van der Waals surface area contributed by atoms with Crippen LogP contribution in [0.15, 0.2) is 18.7 Å². The van der Waals surface area contributed by atoms with Crippen molar-refractivity contribution < 1.29 is 4.79 Å². The largest absolute Gasteiger partial charge is 0.335 e. The lowest BCUT2D eigenvalue weighted by atomic mass is 9.62. The van der Waals surface area contributed by atoms with E-state index in [0.29, 0.717) is 12.4 Å². The number of hydrogen-bond acceptors (Lipinski definition) is 4. The van der Waals surface area contributed by atoms with Gasteiger partial charge in [0.15, 0.2) is 5.82 Å². The van der Waals surface area contributed by atoms with Crippen LogP contribution in [0, 0.1) is 5.41 Å². The molecule has 2 aromatic heterocycles. The third-order valence-corrected chi connectivity index (χ3v) is 5.72. The van der Waals surface area contributed by atoms with Crippen molar-refractivity contribution in [2.75, 3.05) is 13.1 Å². The number of nitrogens with zero attached hydrogens (tertiary/aromatic N) is 6. The first-order chi connectivity index (χ1) is 11.6. The van der Waals surface area contributed by atoms with E-state index in [1.54, 1.807) is 10.8 Å². The number of amides is 1. The van der Waals surface area contributed by atoms with Crippen molar-refractivity contribution in [1.29, 1.82) is 0 Å². The Hall–Kier alpha value is -2.18. The summed E-state index contributed by atoms with van der Waals surface area (Å²) in [5.41, 5.74) is 0.180. The van der Waals surface area contributed by atoms with E-state index in [0.717, 1.165) is 25.3 Å². The van der Waals surface area contributed by atoms with Crippen LogP contribution in [0.3, 0.4) is 0 Å². The lowest BCUT2D eigenvalue weighted by Crippen LogP contribution is -2.38. The second kappa shape index (κ2) is 5.72. The molecular formula is C17H24N6O. The van der Waals surface area contributed by atoms with Gasteiger partial charge in [-0.15, -0.1) is 10.2 Å². The maximum Gasteiger partial charge on any atom is 0.289 e. The number of hydrogen-bond donors (Lipinski definition) is 0. The lowest BCUT2D eigenvalue weighted by molar-refractivity contribution is 0.0708. The summed E-state index contributed by atoms with van der Waals surface area (Å²) in [5.74, 6) is 1.87. The summed E-state index contributed by atoms with van der Waals surface area (Å²) in [5, 5.41) is 8.56. The van der Waals surface area contributed by atoms with E-state index in [1.165, 1.54) is 19.3 Å². The molecule has 4 rings (SSSR count). The Morgan fingerprint density at radius 1 is 1.42 bits per heavy atom. The van der Waals surface area contributed by atoms with E-state index in [2.05, 4.69) is 26.7 Å². The van der Waals surface area contributed by atoms with E-state index < -0.39 is 0 Å². The highest BCUT2D eigenvalue weighted by Gasteiger charge is 2.53. The molecule has 1 spiro atoms. The van der Waals surface area contributed by atoms with Gasteiger partial charge in [-0.05, 0) is 24.7 Å². The number of aryl methyl sites for hydroxylation is 2. The van der Waals surface area contributed by atoms with E-state index in [9.17, 15) is 4.79 Å². The smallest absolute Gasteiger partial charge is 0.289 e. The lowest BCUT2D eigenvalue weighted by Gasteiger charge is -2.42. The molecule has 2 fully saturated rings. The Labute approximate surface area is 141 Å². The molecule has 1 aliphatic carbocycles. The second-order valence-electron chi connectivity index (χ2n) is 7.20. The van der Waals surface area contributed by atoms with E-state index >= 15 is 0 Å². The van der Waals surface area contributed by atoms with E-state index in [1.807, 2.05) is 24.5 Å². The van der Waals surface area contributed by atoms with Crippen molar-refractivity contribution >= 4 is 5.91 Å². The van der Waals surface area contributed by atoms with E-state index in [4.69, 9.17) is 0 Å². The van der Waals surface area contributed by atoms with Crippen molar-refractivity contribution in [3.05, 3.63) is 30.4 Å². The minimum Gasteiger partial charge on any atom is -0.335 e. The Morgan fingerprint density at radius 2 is 2.25 bits per heavy atom. The summed E-state index contributed by atoms with van der Waals surface area (Å²) in [6, 6.07) is 0. The average Bonchev–Trinajstić information content (AvgIpc) is 3.23. The van der Waals surface area contributed by atoms with Gasteiger partial charge >= 0.3 is 0 Å². The standard InChI is InChI=1S/C17H24N6O/c1-3-8-22-12-19-20-14(22)13-10-23(11-17(13)5-4-6-17)16(24)15-18-7-9-21(15)2/h7,9,12-13H,3-6,8,10-11H2,1-2H3. The van der Waals surface area contributed by atoms with Crippen LogP contribution in [0.25, 0.3) is 0 Å². The highest BCUT2D eigenvalue weighted by atomic mass is 16.2. The maximum absolute atomic E-state index is 12.9. The number of imidazole rings is 1. The van der Waals surface area contributed by atoms with Crippen LogP contribution in [0.5, 0.6) is 0 Å². The fourth-order valence-electron chi connectivity index (χ4n) is 4.28. The molecule has 24 heavy (non-hydrogen) atoms.